The lowest BCUT2D eigenvalue weighted by Gasteiger charge is -2.05. The van der Waals surface area contributed by atoms with Gasteiger partial charge < -0.3 is 10.1 Å². The summed E-state index contributed by atoms with van der Waals surface area (Å²) >= 11 is 0. The maximum Gasteiger partial charge on any atom is 0.305 e. The summed E-state index contributed by atoms with van der Waals surface area (Å²) in [5.74, 6) is 1.23. The number of unbranched alkanes of at least 4 members (excludes halogenated alkanes) is 4. The number of amides is 1. The van der Waals surface area contributed by atoms with E-state index in [1.807, 2.05) is 30.3 Å². The van der Waals surface area contributed by atoms with Crippen LogP contribution < -0.4 is 5.32 Å². The molecule has 6 heteroatoms. The van der Waals surface area contributed by atoms with E-state index in [9.17, 15) is 13.8 Å². The van der Waals surface area contributed by atoms with Crippen molar-refractivity contribution in [2.24, 2.45) is 0 Å². The Morgan fingerprint density at radius 2 is 1.54 bits per heavy atom. The first-order valence-electron chi connectivity index (χ1n) is 9.47. The van der Waals surface area contributed by atoms with E-state index in [0.29, 0.717) is 31.0 Å². The van der Waals surface area contributed by atoms with Gasteiger partial charge in [0, 0.05) is 40.8 Å². The average molecular weight is 382 g/mol. The largest absolute Gasteiger partial charge is 0.466 e. The minimum absolute atomic E-state index is 0.0429. The fourth-order valence-corrected chi connectivity index (χ4v) is 3.77. The molecule has 1 N–H and O–H groups in total. The van der Waals surface area contributed by atoms with E-state index in [-0.39, 0.29) is 11.9 Å². The molecule has 1 amide bonds. The van der Waals surface area contributed by atoms with Gasteiger partial charge in [-0.1, -0.05) is 31.0 Å². The van der Waals surface area contributed by atoms with Gasteiger partial charge in [0.2, 0.25) is 5.91 Å². The minimum Gasteiger partial charge on any atom is -0.466 e. The fourth-order valence-electron chi connectivity index (χ4n) is 2.51. The monoisotopic (exact) mass is 381 g/mol. The molecule has 0 aliphatic heterocycles. The van der Waals surface area contributed by atoms with E-state index in [4.69, 9.17) is 4.74 Å². The van der Waals surface area contributed by atoms with Crippen molar-refractivity contribution in [1.29, 1.82) is 0 Å². The van der Waals surface area contributed by atoms with Crippen LogP contribution in [-0.2, 0) is 25.1 Å². The molecule has 0 heterocycles. The Balaban J connectivity index is 1.94. The third-order valence-corrected chi connectivity index (χ3v) is 5.38. The highest BCUT2D eigenvalue weighted by molar-refractivity contribution is 7.84. The summed E-state index contributed by atoms with van der Waals surface area (Å²) < 4.78 is 16.7. The molecule has 26 heavy (non-hydrogen) atoms. The van der Waals surface area contributed by atoms with E-state index in [1.165, 1.54) is 0 Å². The van der Waals surface area contributed by atoms with Gasteiger partial charge in [-0.2, -0.15) is 0 Å². The molecular weight excluding hydrogens is 350 g/mol. The van der Waals surface area contributed by atoms with Gasteiger partial charge in [-0.25, -0.2) is 0 Å². The van der Waals surface area contributed by atoms with Crippen molar-refractivity contribution in [3.63, 3.8) is 0 Å². The van der Waals surface area contributed by atoms with Crippen LogP contribution in [0.5, 0.6) is 0 Å². The molecule has 0 fully saturated rings. The van der Waals surface area contributed by atoms with Gasteiger partial charge >= 0.3 is 5.97 Å². The van der Waals surface area contributed by atoms with Gasteiger partial charge in [-0.05, 0) is 44.7 Å². The average Bonchev–Trinajstić information content (AvgIpc) is 2.63. The van der Waals surface area contributed by atoms with Crippen LogP contribution in [0.3, 0.4) is 0 Å². The van der Waals surface area contributed by atoms with Gasteiger partial charge in [-0.3, -0.25) is 13.8 Å². The highest BCUT2D eigenvalue weighted by Gasteiger charge is 2.05. The first kappa shape index (κ1) is 22.4. The van der Waals surface area contributed by atoms with E-state index in [0.717, 1.165) is 44.2 Å². The molecule has 1 rings (SSSR count). The molecule has 5 nitrogen and oxygen atoms in total. The summed E-state index contributed by atoms with van der Waals surface area (Å²) in [6.45, 7) is 2.21. The summed E-state index contributed by atoms with van der Waals surface area (Å²) in [7, 11) is -0.811. The lowest BCUT2D eigenvalue weighted by molar-refractivity contribution is -0.143. The van der Waals surface area contributed by atoms with Crippen LogP contribution in [0.1, 0.15) is 58.3 Å². The number of carbonyl (C=O) groups is 2. The van der Waals surface area contributed by atoms with Crippen LogP contribution in [0, 0.1) is 0 Å². The summed E-state index contributed by atoms with van der Waals surface area (Å²) in [4.78, 5) is 23.0. The van der Waals surface area contributed by atoms with Crippen molar-refractivity contribution in [3.05, 3.63) is 30.3 Å². The molecule has 0 spiro atoms. The number of anilines is 1. The molecule has 1 unspecified atom stereocenters. The molecule has 0 radical (unpaired) electrons. The quantitative estimate of drug-likeness (QED) is 0.390. The third kappa shape index (κ3) is 11.8. The summed E-state index contributed by atoms with van der Waals surface area (Å²) in [6.07, 6.45) is 6.21. The molecule has 0 aromatic heterocycles. The van der Waals surface area contributed by atoms with E-state index in [1.54, 1.807) is 6.92 Å². The lowest BCUT2D eigenvalue weighted by Crippen LogP contribution is -2.10. The Hall–Kier alpha value is -1.69. The zero-order valence-corrected chi connectivity index (χ0v) is 16.5. The van der Waals surface area contributed by atoms with Crippen LogP contribution in [0.25, 0.3) is 0 Å². The maximum atomic E-state index is 11.9. The lowest BCUT2D eigenvalue weighted by atomic mass is 10.1. The Labute approximate surface area is 159 Å². The second-order valence-corrected chi connectivity index (χ2v) is 7.88. The van der Waals surface area contributed by atoms with Gasteiger partial charge in [-0.15, -0.1) is 0 Å². The van der Waals surface area contributed by atoms with Crippen LogP contribution in [0.15, 0.2) is 30.3 Å². The number of carbonyl (C=O) groups excluding carboxylic acids is 2. The van der Waals surface area contributed by atoms with Crippen molar-refractivity contribution >= 4 is 28.4 Å². The first-order chi connectivity index (χ1) is 12.6. The van der Waals surface area contributed by atoms with Gasteiger partial charge in [0.15, 0.2) is 0 Å². The van der Waals surface area contributed by atoms with E-state index >= 15 is 0 Å². The van der Waals surface area contributed by atoms with Crippen molar-refractivity contribution in [3.8, 4) is 0 Å². The van der Waals surface area contributed by atoms with Crippen molar-refractivity contribution in [2.45, 2.75) is 58.3 Å². The molecule has 0 saturated carbocycles. The second-order valence-electron chi connectivity index (χ2n) is 6.19. The normalized spacial score (nSPS) is 11.7. The van der Waals surface area contributed by atoms with Gasteiger partial charge in [0.1, 0.15) is 0 Å². The Bertz CT molecular complexity index is 548. The maximum absolute atomic E-state index is 11.9. The Morgan fingerprint density at radius 3 is 2.23 bits per heavy atom. The molecule has 1 aromatic rings. The summed E-state index contributed by atoms with van der Waals surface area (Å²) in [6, 6.07) is 9.46. The molecule has 0 aliphatic carbocycles. The zero-order valence-electron chi connectivity index (χ0n) is 15.7. The molecule has 0 bridgehead atoms. The zero-order chi connectivity index (χ0) is 19.0. The van der Waals surface area contributed by atoms with Crippen molar-refractivity contribution in [2.75, 3.05) is 23.4 Å². The number of ether oxygens (including phenoxy) is 1. The number of hydrogen-bond donors (Lipinski definition) is 1. The number of nitrogens with one attached hydrogen (secondary N) is 1. The molecule has 1 atom stereocenters. The van der Waals surface area contributed by atoms with Crippen molar-refractivity contribution < 1.29 is 18.5 Å². The topological polar surface area (TPSA) is 72.5 Å². The molecule has 0 saturated heterocycles. The van der Waals surface area contributed by atoms with Crippen LogP contribution in [0.2, 0.25) is 0 Å². The predicted octanol–water partition coefficient (Wildman–Crippen LogP) is 4.06. The van der Waals surface area contributed by atoms with Gasteiger partial charge in [0.25, 0.3) is 0 Å². The Kier molecular flexibility index (Phi) is 12.4. The summed E-state index contributed by atoms with van der Waals surface area (Å²) in [5, 5.41) is 2.88. The third-order valence-electron chi connectivity index (χ3n) is 3.89. The van der Waals surface area contributed by atoms with Crippen LogP contribution >= 0.6 is 0 Å². The Morgan fingerprint density at radius 1 is 0.923 bits per heavy atom. The molecule has 1 aromatic carbocycles. The van der Waals surface area contributed by atoms with E-state index < -0.39 is 10.8 Å². The highest BCUT2D eigenvalue weighted by atomic mass is 32.2. The fraction of sp³-hybridized carbons (Fsp3) is 0.600. The standard InChI is InChI=1S/C20H31NO4S/c1-2-25-20(23)15-9-11-17-26(24)16-10-4-3-8-14-19(22)21-18-12-6-5-7-13-18/h5-7,12-13H,2-4,8-11,14-17H2,1H3,(H,21,22). The molecule has 146 valence electrons. The van der Waals surface area contributed by atoms with E-state index in [2.05, 4.69) is 5.32 Å². The second kappa shape index (κ2) is 14.5. The number of hydrogen-bond acceptors (Lipinski definition) is 4. The predicted molar refractivity (Wildman–Crippen MR) is 107 cm³/mol. The molecule has 0 aliphatic rings. The van der Waals surface area contributed by atoms with Crippen LogP contribution in [-0.4, -0.2) is 34.2 Å². The number of esters is 1. The minimum atomic E-state index is -0.811. The number of benzene rings is 1. The van der Waals surface area contributed by atoms with Crippen molar-refractivity contribution in [1.82, 2.24) is 0 Å². The summed E-state index contributed by atoms with van der Waals surface area (Å²) in [5.41, 5.74) is 0.829. The first-order valence-corrected chi connectivity index (χ1v) is 11.0. The number of para-hydroxylation sites is 1. The SMILES string of the molecule is CCOC(=O)CCCCS(=O)CCCCCCC(=O)Nc1ccccc1. The highest BCUT2D eigenvalue weighted by Crippen LogP contribution is 2.09. The number of rotatable bonds is 14. The van der Waals surface area contributed by atoms with Gasteiger partial charge in [0.05, 0.1) is 6.61 Å². The molecular formula is C20H31NO4S. The smallest absolute Gasteiger partial charge is 0.305 e. The van der Waals surface area contributed by atoms with Crippen LogP contribution in [0.4, 0.5) is 5.69 Å².